The summed E-state index contributed by atoms with van der Waals surface area (Å²) in [6, 6.07) is 16.3. The number of carbonyl (C=O) groups excluding carboxylic acids is 1. The second-order valence-electron chi connectivity index (χ2n) is 10.00. The number of likely N-dealkylation sites (tertiary alicyclic amines) is 1. The Labute approximate surface area is 219 Å². The smallest absolute Gasteiger partial charge is 0.414 e. The lowest BCUT2D eigenvalue weighted by Crippen LogP contribution is -2.44. The Kier molecular flexibility index (Phi) is 11.1. The van der Waals surface area contributed by atoms with Crippen LogP contribution in [0.1, 0.15) is 45.6 Å². The lowest BCUT2D eigenvalue weighted by molar-refractivity contribution is -0.159. The van der Waals surface area contributed by atoms with Gasteiger partial charge in [-0.25, -0.2) is 9.59 Å². The van der Waals surface area contributed by atoms with E-state index in [-0.39, 0.29) is 11.3 Å². The van der Waals surface area contributed by atoms with Gasteiger partial charge in [0, 0.05) is 11.7 Å². The van der Waals surface area contributed by atoms with E-state index in [0.29, 0.717) is 12.6 Å². The van der Waals surface area contributed by atoms with Crippen LogP contribution in [-0.4, -0.2) is 77.6 Å². The normalized spacial score (nSPS) is 14.4. The number of carbonyl (C=O) groups is 3. The molecule has 9 nitrogen and oxygen atoms in total. The van der Waals surface area contributed by atoms with Gasteiger partial charge in [0.2, 0.25) is 5.91 Å². The van der Waals surface area contributed by atoms with Crippen LogP contribution in [0, 0.1) is 0 Å². The molecule has 2 aromatic rings. The molecule has 1 aliphatic rings. The molecule has 3 rings (SSSR count). The molecule has 1 aliphatic heterocycles. The molecule has 1 fully saturated rings. The Hall–Kier alpha value is -3.43. The van der Waals surface area contributed by atoms with Crippen molar-refractivity contribution in [2.45, 2.75) is 51.5 Å². The Morgan fingerprint density at radius 1 is 0.973 bits per heavy atom. The molecule has 37 heavy (non-hydrogen) atoms. The molecule has 202 valence electrons. The van der Waals surface area contributed by atoms with Gasteiger partial charge in [-0.05, 0) is 93.8 Å². The van der Waals surface area contributed by atoms with Crippen molar-refractivity contribution >= 4 is 23.5 Å². The molecule has 0 unspecified atom stereocenters. The Bertz CT molecular complexity index is 1020. The van der Waals surface area contributed by atoms with Crippen LogP contribution in [0.3, 0.4) is 0 Å². The molecular weight excluding hydrogens is 474 g/mol. The minimum Gasteiger partial charge on any atom is -0.473 e. The lowest BCUT2D eigenvalue weighted by atomic mass is 9.82. The highest BCUT2D eigenvalue weighted by Gasteiger charge is 2.22. The van der Waals surface area contributed by atoms with Crippen LogP contribution in [0.4, 0.5) is 5.69 Å². The van der Waals surface area contributed by atoms with Gasteiger partial charge in [0.05, 0.1) is 6.54 Å². The second kappa shape index (κ2) is 13.8. The number of carboxylic acid groups (broad SMARTS) is 2. The van der Waals surface area contributed by atoms with E-state index in [2.05, 4.69) is 55.1 Å². The van der Waals surface area contributed by atoms with Crippen molar-refractivity contribution in [1.29, 1.82) is 0 Å². The molecule has 9 heteroatoms. The molecule has 0 aliphatic carbocycles. The van der Waals surface area contributed by atoms with Crippen molar-refractivity contribution in [3.8, 4) is 11.5 Å². The first kappa shape index (κ1) is 29.8. The van der Waals surface area contributed by atoms with Crippen LogP contribution in [0.5, 0.6) is 11.5 Å². The van der Waals surface area contributed by atoms with E-state index in [1.54, 1.807) is 0 Å². The minimum absolute atomic E-state index is 0.0178. The largest absolute Gasteiger partial charge is 0.473 e. The van der Waals surface area contributed by atoms with Crippen LogP contribution >= 0.6 is 0 Å². The van der Waals surface area contributed by atoms with Crippen LogP contribution in [0.15, 0.2) is 48.5 Å². The SMILES string of the molecule is CCC(C)(C)c1ccc(Oc2ccc(NC(=O)CN(C)C3CCN(C)CC3)cc2)cc1.O=C(O)C(=O)O. The monoisotopic (exact) mass is 513 g/mol. The summed E-state index contributed by atoms with van der Waals surface area (Å²) in [6.45, 7) is 9.31. The maximum absolute atomic E-state index is 12.4. The number of benzene rings is 2. The van der Waals surface area contributed by atoms with Crippen molar-refractivity contribution < 1.29 is 29.3 Å². The van der Waals surface area contributed by atoms with E-state index >= 15 is 0 Å². The van der Waals surface area contributed by atoms with E-state index in [4.69, 9.17) is 24.5 Å². The number of aliphatic carboxylic acids is 2. The maximum Gasteiger partial charge on any atom is 0.414 e. The minimum atomic E-state index is -1.82. The molecule has 1 heterocycles. The second-order valence-corrected chi connectivity index (χ2v) is 10.00. The number of likely N-dealkylation sites (N-methyl/N-ethyl adjacent to an activating group) is 1. The Balaban J connectivity index is 0.000000717. The number of nitrogens with one attached hydrogen (secondary N) is 1. The van der Waals surface area contributed by atoms with Crippen molar-refractivity contribution in [2.24, 2.45) is 0 Å². The maximum atomic E-state index is 12.4. The van der Waals surface area contributed by atoms with E-state index in [1.165, 1.54) is 5.56 Å². The van der Waals surface area contributed by atoms with Crippen molar-refractivity contribution in [3.05, 3.63) is 54.1 Å². The molecule has 0 saturated carbocycles. The molecule has 2 aromatic carbocycles. The van der Waals surface area contributed by atoms with Crippen LogP contribution in [-0.2, 0) is 19.8 Å². The standard InChI is InChI=1S/C26H37N3O2.C2H2O4/c1-6-26(2,3)20-7-11-23(12-8-20)31-24-13-9-21(10-14-24)27-25(30)19-29(5)22-15-17-28(4)18-16-22;3-1(4)2(5)6/h7-14,22H,6,15-19H2,1-5H3,(H,27,30);(H,3,4)(H,5,6). The zero-order valence-electron chi connectivity index (χ0n) is 22.4. The van der Waals surface area contributed by atoms with Crippen LogP contribution in [0.2, 0.25) is 0 Å². The summed E-state index contributed by atoms with van der Waals surface area (Å²) >= 11 is 0. The lowest BCUT2D eigenvalue weighted by Gasteiger charge is -2.34. The molecule has 0 aromatic heterocycles. The highest BCUT2D eigenvalue weighted by molar-refractivity contribution is 6.27. The predicted octanol–water partition coefficient (Wildman–Crippen LogP) is 4.29. The van der Waals surface area contributed by atoms with Crippen LogP contribution < -0.4 is 10.1 Å². The summed E-state index contributed by atoms with van der Waals surface area (Å²) in [5, 5.41) is 17.8. The third-order valence-corrected chi connectivity index (χ3v) is 6.78. The van der Waals surface area contributed by atoms with Gasteiger partial charge >= 0.3 is 11.9 Å². The highest BCUT2D eigenvalue weighted by Crippen LogP contribution is 2.30. The number of rotatable bonds is 8. The molecular formula is C28H39N3O6. The van der Waals surface area contributed by atoms with Crippen molar-refractivity contribution in [3.63, 3.8) is 0 Å². The summed E-state index contributed by atoms with van der Waals surface area (Å²) in [4.78, 5) is 35.2. The fourth-order valence-electron chi connectivity index (χ4n) is 3.91. The number of nitrogens with zero attached hydrogens (tertiary/aromatic N) is 2. The van der Waals surface area contributed by atoms with Gasteiger partial charge in [-0.1, -0.05) is 32.9 Å². The van der Waals surface area contributed by atoms with Crippen molar-refractivity contribution in [1.82, 2.24) is 9.80 Å². The van der Waals surface area contributed by atoms with Gasteiger partial charge in [-0.3, -0.25) is 9.69 Å². The molecule has 1 amide bonds. The van der Waals surface area contributed by atoms with Crippen LogP contribution in [0.25, 0.3) is 0 Å². The van der Waals surface area contributed by atoms with E-state index in [0.717, 1.165) is 49.5 Å². The van der Waals surface area contributed by atoms with E-state index in [1.807, 2.05) is 43.4 Å². The summed E-state index contributed by atoms with van der Waals surface area (Å²) in [5.74, 6) is -2.06. The fourth-order valence-corrected chi connectivity index (χ4v) is 3.91. The number of amides is 1. The Morgan fingerprint density at radius 3 is 1.92 bits per heavy atom. The third kappa shape index (κ3) is 9.86. The highest BCUT2D eigenvalue weighted by atomic mass is 16.5. The van der Waals surface area contributed by atoms with Crippen molar-refractivity contribution in [2.75, 3.05) is 39.0 Å². The average Bonchev–Trinajstić information content (AvgIpc) is 2.86. The zero-order valence-corrected chi connectivity index (χ0v) is 22.4. The number of carboxylic acids is 2. The molecule has 0 bridgehead atoms. The van der Waals surface area contributed by atoms with Gasteiger partial charge in [-0.2, -0.15) is 0 Å². The Morgan fingerprint density at radius 2 is 1.46 bits per heavy atom. The summed E-state index contributed by atoms with van der Waals surface area (Å²) < 4.78 is 5.97. The topological polar surface area (TPSA) is 119 Å². The number of hydrogen-bond donors (Lipinski definition) is 3. The summed E-state index contributed by atoms with van der Waals surface area (Å²) in [7, 11) is 4.19. The number of hydrogen-bond acceptors (Lipinski definition) is 6. The molecule has 3 N–H and O–H groups in total. The zero-order chi connectivity index (χ0) is 27.6. The first-order valence-corrected chi connectivity index (χ1v) is 12.4. The summed E-state index contributed by atoms with van der Waals surface area (Å²) in [5.41, 5.74) is 2.26. The summed E-state index contributed by atoms with van der Waals surface area (Å²) in [6.07, 6.45) is 3.32. The molecule has 0 spiro atoms. The number of piperidine rings is 1. The van der Waals surface area contributed by atoms with E-state index in [9.17, 15) is 4.79 Å². The van der Waals surface area contributed by atoms with Gasteiger partial charge in [0.25, 0.3) is 0 Å². The molecule has 1 saturated heterocycles. The van der Waals surface area contributed by atoms with Gasteiger partial charge < -0.3 is 25.2 Å². The first-order valence-electron chi connectivity index (χ1n) is 12.4. The fraction of sp³-hybridized carbons (Fsp3) is 0.464. The third-order valence-electron chi connectivity index (χ3n) is 6.78. The predicted molar refractivity (Wildman–Crippen MR) is 143 cm³/mol. The quantitative estimate of drug-likeness (QED) is 0.448. The van der Waals surface area contributed by atoms with Gasteiger partial charge in [-0.15, -0.1) is 0 Å². The molecule has 0 atom stereocenters. The van der Waals surface area contributed by atoms with E-state index < -0.39 is 11.9 Å². The average molecular weight is 514 g/mol. The van der Waals surface area contributed by atoms with Gasteiger partial charge in [0.1, 0.15) is 11.5 Å². The van der Waals surface area contributed by atoms with Gasteiger partial charge in [0.15, 0.2) is 0 Å². The first-order chi connectivity index (χ1) is 17.4. The number of anilines is 1. The number of ether oxygens (including phenoxy) is 1. The molecule has 0 radical (unpaired) electrons.